The number of nitrogens with zero attached hydrogens (tertiary/aromatic N) is 3. The fraction of sp³-hybridized carbons (Fsp3) is 0.222. The van der Waals surface area contributed by atoms with Crippen molar-refractivity contribution in [1.29, 1.82) is 0 Å². The highest BCUT2D eigenvalue weighted by atomic mass is 14.9. The Morgan fingerprint density at radius 3 is 2.43 bits per heavy atom. The molecule has 0 N–H and O–H groups in total. The normalized spacial score (nSPS) is 23.0. The van der Waals surface area contributed by atoms with Crippen LogP contribution >= 0.6 is 0 Å². The molecule has 0 amide bonds. The van der Waals surface area contributed by atoms with Gasteiger partial charge in [-0.15, -0.1) is 0 Å². The van der Waals surface area contributed by atoms with Gasteiger partial charge in [0, 0.05) is 41.2 Å². The quantitative estimate of drug-likeness (QED) is 0.610. The molecule has 3 heteroatoms. The van der Waals surface area contributed by atoms with Gasteiger partial charge in [-0.25, -0.2) is 9.98 Å². The lowest BCUT2D eigenvalue weighted by Gasteiger charge is -2.24. The van der Waals surface area contributed by atoms with Crippen molar-refractivity contribution < 1.29 is 0 Å². The number of rotatable bonds is 3. The molecule has 1 aliphatic carbocycles. The summed E-state index contributed by atoms with van der Waals surface area (Å²) in [6.07, 6.45) is 19.6. The minimum Gasteiger partial charge on any atom is -0.265 e. The van der Waals surface area contributed by atoms with Crippen molar-refractivity contribution in [2.24, 2.45) is 15.4 Å². The second-order valence-electron chi connectivity index (χ2n) is 8.73. The van der Waals surface area contributed by atoms with Crippen molar-refractivity contribution >= 4 is 12.1 Å². The van der Waals surface area contributed by atoms with Crippen molar-refractivity contribution in [2.75, 3.05) is 0 Å². The minimum absolute atomic E-state index is 0.0685. The summed E-state index contributed by atoms with van der Waals surface area (Å²) in [4.78, 5) is 13.6. The Morgan fingerprint density at radius 2 is 1.67 bits per heavy atom. The van der Waals surface area contributed by atoms with Gasteiger partial charge in [0.25, 0.3) is 0 Å². The van der Waals surface area contributed by atoms with Gasteiger partial charge in [-0.05, 0) is 42.2 Å². The third-order valence-corrected chi connectivity index (χ3v) is 5.56. The zero-order valence-corrected chi connectivity index (χ0v) is 17.8. The minimum atomic E-state index is -0.168. The van der Waals surface area contributed by atoms with Gasteiger partial charge in [0.05, 0.1) is 0 Å². The molecule has 1 aromatic heterocycles. The Kier molecular flexibility index (Phi) is 5.45. The monoisotopic (exact) mass is 393 g/mol. The molecule has 1 aliphatic heterocycles. The summed E-state index contributed by atoms with van der Waals surface area (Å²) in [6, 6.07) is 14.3. The van der Waals surface area contributed by atoms with E-state index in [4.69, 9.17) is 9.98 Å². The highest BCUT2D eigenvalue weighted by Crippen LogP contribution is 2.34. The first-order valence-corrected chi connectivity index (χ1v) is 10.3. The van der Waals surface area contributed by atoms with E-state index < -0.39 is 0 Å². The average molecular weight is 394 g/mol. The molecule has 150 valence electrons. The van der Waals surface area contributed by atoms with Crippen molar-refractivity contribution in [3.8, 4) is 0 Å². The Bertz CT molecular complexity index is 1080. The second-order valence-corrected chi connectivity index (χ2v) is 8.73. The van der Waals surface area contributed by atoms with E-state index in [0.29, 0.717) is 0 Å². The number of allylic oxidation sites excluding steroid dienone is 7. The van der Waals surface area contributed by atoms with E-state index >= 15 is 0 Å². The van der Waals surface area contributed by atoms with Crippen LogP contribution < -0.4 is 0 Å². The largest absolute Gasteiger partial charge is 0.265 e. The van der Waals surface area contributed by atoms with Gasteiger partial charge in [-0.3, -0.25) is 4.98 Å². The predicted octanol–water partition coefficient (Wildman–Crippen LogP) is 6.22. The first kappa shape index (κ1) is 20.0. The summed E-state index contributed by atoms with van der Waals surface area (Å²) in [5.41, 5.74) is 4.41. The van der Waals surface area contributed by atoms with Gasteiger partial charge in [-0.1, -0.05) is 74.6 Å². The average Bonchev–Trinajstić information content (AvgIpc) is 2.95. The van der Waals surface area contributed by atoms with Gasteiger partial charge < -0.3 is 0 Å². The van der Waals surface area contributed by atoms with Crippen LogP contribution in [0.3, 0.4) is 0 Å². The molecule has 0 bridgehead atoms. The van der Waals surface area contributed by atoms with E-state index in [2.05, 4.69) is 68.3 Å². The van der Waals surface area contributed by atoms with Crippen LogP contribution in [0.5, 0.6) is 0 Å². The predicted molar refractivity (Wildman–Crippen MR) is 126 cm³/mol. The van der Waals surface area contributed by atoms with Gasteiger partial charge in [0.2, 0.25) is 0 Å². The Balaban J connectivity index is 1.70. The first-order chi connectivity index (χ1) is 14.5. The van der Waals surface area contributed by atoms with E-state index in [1.165, 1.54) is 16.7 Å². The Morgan fingerprint density at radius 1 is 0.900 bits per heavy atom. The van der Waals surface area contributed by atoms with Crippen LogP contribution in [-0.2, 0) is 5.41 Å². The molecule has 0 spiro atoms. The molecule has 4 rings (SSSR count). The zero-order valence-electron chi connectivity index (χ0n) is 17.8. The molecule has 1 atom stereocenters. The van der Waals surface area contributed by atoms with E-state index in [1.54, 1.807) is 0 Å². The summed E-state index contributed by atoms with van der Waals surface area (Å²) in [6.45, 7) is 6.66. The zero-order chi connectivity index (χ0) is 21.0. The van der Waals surface area contributed by atoms with E-state index in [-0.39, 0.29) is 10.8 Å². The molecule has 1 aromatic carbocycles. The fourth-order valence-electron chi connectivity index (χ4n) is 3.75. The number of hydrogen-bond acceptors (Lipinski definition) is 3. The molecule has 0 fully saturated rings. The maximum absolute atomic E-state index is 4.75. The van der Waals surface area contributed by atoms with E-state index in [9.17, 15) is 0 Å². The fourth-order valence-corrected chi connectivity index (χ4v) is 3.75. The van der Waals surface area contributed by atoms with Crippen LogP contribution in [0.2, 0.25) is 0 Å². The van der Waals surface area contributed by atoms with Crippen LogP contribution in [0.15, 0.2) is 113 Å². The molecular formula is C27H27N3. The SMILES string of the molecule is CC1(C)C=NC(c2ccccc2)=NC=C(C2=CC=CC(C)(c3ccncc3)C=C2)C1. The molecule has 0 radical (unpaired) electrons. The van der Waals surface area contributed by atoms with Crippen LogP contribution in [0, 0.1) is 5.41 Å². The molecule has 0 saturated carbocycles. The van der Waals surface area contributed by atoms with Gasteiger partial charge in [-0.2, -0.15) is 0 Å². The maximum atomic E-state index is 4.75. The number of benzene rings is 1. The molecule has 0 saturated heterocycles. The number of pyridine rings is 1. The standard InChI is InChI=1S/C27H27N3/c1-26(2)18-23(19-29-25(30-20-26)22-8-5-4-6-9-22)21-10-7-14-27(3,15-11-21)24-12-16-28-17-13-24/h4-17,19-20H,18H2,1-3H3. The summed E-state index contributed by atoms with van der Waals surface area (Å²) >= 11 is 0. The third kappa shape index (κ3) is 4.46. The summed E-state index contributed by atoms with van der Waals surface area (Å²) in [7, 11) is 0. The van der Waals surface area contributed by atoms with Crippen molar-refractivity contribution in [3.63, 3.8) is 0 Å². The second kappa shape index (κ2) is 8.19. The number of aliphatic imine (C=N–C) groups is 2. The summed E-state index contributed by atoms with van der Waals surface area (Å²) in [5, 5.41) is 0. The van der Waals surface area contributed by atoms with Crippen LogP contribution in [-0.4, -0.2) is 17.0 Å². The Labute approximate surface area is 179 Å². The molecule has 1 unspecified atom stereocenters. The summed E-state index contributed by atoms with van der Waals surface area (Å²) < 4.78 is 0. The number of aromatic nitrogens is 1. The van der Waals surface area contributed by atoms with Crippen LogP contribution in [0.1, 0.15) is 38.3 Å². The molecule has 2 aliphatic rings. The lowest BCUT2D eigenvalue weighted by atomic mass is 9.81. The van der Waals surface area contributed by atoms with Crippen molar-refractivity contribution in [3.05, 3.63) is 114 Å². The van der Waals surface area contributed by atoms with E-state index in [0.717, 1.165) is 17.8 Å². The lowest BCUT2D eigenvalue weighted by Crippen LogP contribution is -2.17. The van der Waals surface area contributed by atoms with Crippen LogP contribution in [0.25, 0.3) is 0 Å². The highest BCUT2D eigenvalue weighted by molar-refractivity contribution is 6.04. The smallest absolute Gasteiger partial charge is 0.158 e. The molecule has 2 aromatic rings. The lowest BCUT2D eigenvalue weighted by molar-refractivity contribution is 0.533. The molecule has 3 nitrogen and oxygen atoms in total. The Hall–Kier alpha value is -3.33. The highest BCUT2D eigenvalue weighted by Gasteiger charge is 2.24. The molecule has 30 heavy (non-hydrogen) atoms. The van der Waals surface area contributed by atoms with Crippen molar-refractivity contribution in [1.82, 2.24) is 4.98 Å². The topological polar surface area (TPSA) is 37.6 Å². The van der Waals surface area contributed by atoms with Gasteiger partial charge in [0.15, 0.2) is 5.84 Å². The van der Waals surface area contributed by atoms with Gasteiger partial charge in [0.1, 0.15) is 0 Å². The number of hydrogen-bond donors (Lipinski definition) is 0. The maximum Gasteiger partial charge on any atom is 0.158 e. The summed E-state index contributed by atoms with van der Waals surface area (Å²) in [5.74, 6) is 0.747. The first-order valence-electron chi connectivity index (χ1n) is 10.3. The van der Waals surface area contributed by atoms with Gasteiger partial charge >= 0.3 is 0 Å². The molecule has 2 heterocycles. The van der Waals surface area contributed by atoms with Crippen LogP contribution in [0.4, 0.5) is 0 Å². The third-order valence-electron chi connectivity index (χ3n) is 5.56. The van der Waals surface area contributed by atoms with Crippen molar-refractivity contribution in [2.45, 2.75) is 32.6 Å². The molecular weight excluding hydrogens is 366 g/mol. The number of amidine groups is 1. The van der Waals surface area contributed by atoms with E-state index in [1.807, 2.05) is 55.1 Å².